The fraction of sp³-hybridized carbons (Fsp3) is 0.0455. The fourth-order valence-corrected chi connectivity index (χ4v) is 3.31. The van der Waals surface area contributed by atoms with Crippen molar-refractivity contribution < 1.29 is 14.1 Å². The molecule has 0 saturated carbocycles. The molecule has 0 unspecified atom stereocenters. The first kappa shape index (κ1) is 20.5. The molecule has 0 aliphatic heterocycles. The normalized spacial score (nSPS) is 11.0. The van der Waals surface area contributed by atoms with E-state index < -0.39 is 10.7 Å². The summed E-state index contributed by atoms with van der Waals surface area (Å²) in [5, 5.41) is 20.1. The van der Waals surface area contributed by atoms with Crippen molar-refractivity contribution in [3.05, 3.63) is 103 Å². The number of hydrogen-bond acceptors (Lipinski definition) is 4. The lowest BCUT2D eigenvalue weighted by molar-refractivity contribution is -0.384. The van der Waals surface area contributed by atoms with Crippen molar-refractivity contribution in [2.75, 3.05) is 0 Å². The second-order valence-corrected chi connectivity index (χ2v) is 7.21. The minimum absolute atomic E-state index is 0.0302. The number of hydrogen-bond donors (Lipinski definition) is 0. The Kier molecular flexibility index (Phi) is 6.57. The predicted octanol–water partition coefficient (Wildman–Crippen LogP) is 5.98. The number of nitro benzene ring substituents is 1. The van der Waals surface area contributed by atoms with E-state index >= 15 is 0 Å². The third kappa shape index (κ3) is 5.18. The molecule has 0 spiro atoms. The van der Waals surface area contributed by atoms with Gasteiger partial charge in [-0.15, -0.1) is 0 Å². The van der Waals surface area contributed by atoms with Gasteiger partial charge in [0.05, 0.1) is 20.1 Å². The maximum atomic E-state index is 14.0. The lowest BCUT2D eigenvalue weighted by Crippen LogP contribution is -1.98. The van der Waals surface area contributed by atoms with E-state index in [4.69, 9.17) is 4.74 Å². The average Bonchev–Trinajstić information content (AvgIpc) is 2.72. The molecule has 0 saturated heterocycles. The van der Waals surface area contributed by atoms with Crippen molar-refractivity contribution in [2.45, 2.75) is 6.61 Å². The van der Waals surface area contributed by atoms with Gasteiger partial charge in [0.1, 0.15) is 18.2 Å². The number of benzene rings is 3. The number of nitriles is 1. The highest BCUT2D eigenvalue weighted by Crippen LogP contribution is 2.26. The molecule has 0 bridgehead atoms. The van der Waals surface area contributed by atoms with Gasteiger partial charge in [0.25, 0.3) is 5.69 Å². The number of non-ortho nitro benzene ring substituents is 1. The maximum absolute atomic E-state index is 14.0. The third-order valence-electron chi connectivity index (χ3n) is 4.09. The van der Waals surface area contributed by atoms with Crippen LogP contribution < -0.4 is 4.74 Å². The van der Waals surface area contributed by atoms with Gasteiger partial charge in [-0.3, -0.25) is 10.1 Å². The number of nitrogens with zero attached hydrogens (tertiary/aromatic N) is 2. The number of nitro groups is 1. The van der Waals surface area contributed by atoms with E-state index in [1.54, 1.807) is 48.5 Å². The minimum atomic E-state index is -0.448. The van der Waals surface area contributed by atoms with Crippen LogP contribution in [0, 0.1) is 30.8 Å². The van der Waals surface area contributed by atoms with E-state index in [0.29, 0.717) is 5.75 Å². The van der Waals surface area contributed by atoms with Gasteiger partial charge < -0.3 is 4.74 Å². The molecule has 0 heterocycles. The Balaban J connectivity index is 1.75. The highest BCUT2D eigenvalue weighted by Gasteiger charge is 2.09. The molecule has 0 fully saturated rings. The standard InChI is InChI=1S/C22H14FIN2O3/c23-20-4-2-1-3-19(20)17(13-25)11-16-7-10-22(21(24)12-16)29-14-15-5-8-18(9-6-15)26(27)28/h1-12H,14H2/b17-11-. The van der Waals surface area contributed by atoms with Crippen LogP contribution in [0.15, 0.2) is 66.7 Å². The molecule has 0 N–H and O–H groups in total. The highest BCUT2D eigenvalue weighted by molar-refractivity contribution is 14.1. The molecule has 29 heavy (non-hydrogen) atoms. The van der Waals surface area contributed by atoms with Crippen molar-refractivity contribution in [3.8, 4) is 11.8 Å². The van der Waals surface area contributed by atoms with E-state index in [2.05, 4.69) is 22.6 Å². The fourth-order valence-electron chi connectivity index (χ4n) is 2.62. The van der Waals surface area contributed by atoms with Gasteiger partial charge in [0.15, 0.2) is 0 Å². The smallest absolute Gasteiger partial charge is 0.269 e. The van der Waals surface area contributed by atoms with E-state index in [-0.39, 0.29) is 23.4 Å². The van der Waals surface area contributed by atoms with Gasteiger partial charge in [-0.25, -0.2) is 4.39 Å². The SMILES string of the molecule is N#C/C(=C/c1ccc(OCc2ccc([N+](=O)[O-])cc2)c(I)c1)c1ccccc1F. The van der Waals surface area contributed by atoms with Gasteiger partial charge in [-0.1, -0.05) is 24.3 Å². The first-order valence-corrected chi connectivity index (χ1v) is 9.58. The summed E-state index contributed by atoms with van der Waals surface area (Å²) >= 11 is 2.12. The molecule has 3 aromatic rings. The highest BCUT2D eigenvalue weighted by atomic mass is 127. The molecular weight excluding hydrogens is 486 g/mol. The van der Waals surface area contributed by atoms with Crippen LogP contribution in [0.25, 0.3) is 11.6 Å². The molecule has 3 rings (SSSR count). The van der Waals surface area contributed by atoms with Crippen LogP contribution in [0.5, 0.6) is 5.75 Å². The first-order chi connectivity index (χ1) is 14.0. The Labute approximate surface area is 180 Å². The van der Waals surface area contributed by atoms with Gasteiger partial charge in [0.2, 0.25) is 0 Å². The third-order valence-corrected chi connectivity index (χ3v) is 4.94. The molecule has 0 aromatic heterocycles. The zero-order valence-electron chi connectivity index (χ0n) is 15.0. The Morgan fingerprint density at radius 3 is 2.52 bits per heavy atom. The average molecular weight is 500 g/mol. The van der Waals surface area contributed by atoms with E-state index in [0.717, 1.165) is 14.7 Å². The number of ether oxygens (including phenoxy) is 1. The maximum Gasteiger partial charge on any atom is 0.269 e. The van der Waals surface area contributed by atoms with Crippen LogP contribution in [-0.4, -0.2) is 4.92 Å². The summed E-state index contributed by atoms with van der Waals surface area (Å²) in [6, 6.07) is 19.7. The van der Waals surface area contributed by atoms with Crippen molar-refractivity contribution in [1.82, 2.24) is 0 Å². The zero-order chi connectivity index (χ0) is 20.8. The van der Waals surface area contributed by atoms with Crippen molar-refractivity contribution >= 4 is 39.9 Å². The first-order valence-electron chi connectivity index (χ1n) is 8.50. The number of halogens is 2. The van der Waals surface area contributed by atoms with Crippen LogP contribution in [-0.2, 0) is 6.61 Å². The minimum Gasteiger partial charge on any atom is -0.488 e. The lowest BCUT2D eigenvalue weighted by atomic mass is 10.0. The Hall–Kier alpha value is -3.25. The molecular formula is C22H14FIN2O3. The van der Waals surface area contributed by atoms with Crippen LogP contribution in [0.2, 0.25) is 0 Å². The lowest BCUT2D eigenvalue weighted by Gasteiger charge is -2.09. The summed E-state index contributed by atoms with van der Waals surface area (Å²) in [5.41, 5.74) is 2.07. The van der Waals surface area contributed by atoms with E-state index in [1.807, 2.05) is 12.1 Å². The van der Waals surface area contributed by atoms with Gasteiger partial charge in [-0.2, -0.15) is 5.26 Å². The molecule has 0 aliphatic rings. The number of rotatable bonds is 6. The summed E-state index contributed by atoms with van der Waals surface area (Å²) in [4.78, 5) is 10.3. The second-order valence-electron chi connectivity index (χ2n) is 6.05. The van der Waals surface area contributed by atoms with Crippen LogP contribution in [0.1, 0.15) is 16.7 Å². The number of allylic oxidation sites excluding steroid dienone is 1. The van der Waals surface area contributed by atoms with Crippen LogP contribution >= 0.6 is 22.6 Å². The monoisotopic (exact) mass is 500 g/mol. The van der Waals surface area contributed by atoms with Gasteiger partial charge in [-0.05, 0) is 70.1 Å². The summed E-state index contributed by atoms with van der Waals surface area (Å²) in [6.07, 6.45) is 1.63. The second kappa shape index (κ2) is 9.30. The zero-order valence-corrected chi connectivity index (χ0v) is 17.2. The Morgan fingerprint density at radius 2 is 1.90 bits per heavy atom. The topological polar surface area (TPSA) is 76.2 Å². The van der Waals surface area contributed by atoms with Crippen LogP contribution in [0.4, 0.5) is 10.1 Å². The molecule has 5 nitrogen and oxygen atoms in total. The molecule has 0 radical (unpaired) electrons. The summed E-state index contributed by atoms with van der Waals surface area (Å²) in [5.74, 6) is 0.198. The largest absolute Gasteiger partial charge is 0.488 e. The summed E-state index contributed by atoms with van der Waals surface area (Å²) < 4.78 is 20.6. The van der Waals surface area contributed by atoms with Crippen molar-refractivity contribution in [1.29, 1.82) is 5.26 Å². The summed E-state index contributed by atoms with van der Waals surface area (Å²) in [7, 11) is 0. The predicted molar refractivity (Wildman–Crippen MR) is 116 cm³/mol. The molecule has 0 aliphatic carbocycles. The van der Waals surface area contributed by atoms with Gasteiger partial charge >= 0.3 is 0 Å². The van der Waals surface area contributed by atoms with Crippen molar-refractivity contribution in [2.24, 2.45) is 0 Å². The molecule has 0 amide bonds. The van der Waals surface area contributed by atoms with E-state index in [1.165, 1.54) is 18.2 Å². The molecule has 7 heteroatoms. The van der Waals surface area contributed by atoms with E-state index in [9.17, 15) is 19.8 Å². The molecule has 144 valence electrons. The Morgan fingerprint density at radius 1 is 1.17 bits per heavy atom. The molecule has 0 atom stereocenters. The van der Waals surface area contributed by atoms with Crippen LogP contribution in [0.3, 0.4) is 0 Å². The van der Waals surface area contributed by atoms with Crippen molar-refractivity contribution in [3.63, 3.8) is 0 Å². The molecule has 3 aromatic carbocycles. The quantitative estimate of drug-likeness (QED) is 0.137. The van der Waals surface area contributed by atoms with Gasteiger partial charge in [0, 0.05) is 17.7 Å². The summed E-state index contributed by atoms with van der Waals surface area (Å²) in [6.45, 7) is 0.266. The Bertz CT molecular complexity index is 1120.